The Balaban J connectivity index is 2.14. The lowest BCUT2D eigenvalue weighted by molar-refractivity contribution is 0.297. The SMILES string of the molecule is CC(N)c1cc(Br)ccc1OCc1cscn1. The van der Waals surface area contributed by atoms with Gasteiger partial charge in [0.15, 0.2) is 0 Å². The van der Waals surface area contributed by atoms with Crippen molar-refractivity contribution in [1.82, 2.24) is 4.98 Å². The second kappa shape index (κ2) is 5.62. The maximum atomic E-state index is 5.92. The fourth-order valence-electron chi connectivity index (χ4n) is 1.47. The van der Waals surface area contributed by atoms with Gasteiger partial charge in [-0.15, -0.1) is 11.3 Å². The first-order chi connectivity index (χ1) is 8.16. The first-order valence-electron chi connectivity index (χ1n) is 5.21. The normalized spacial score (nSPS) is 12.4. The van der Waals surface area contributed by atoms with E-state index >= 15 is 0 Å². The first-order valence-corrected chi connectivity index (χ1v) is 6.95. The van der Waals surface area contributed by atoms with E-state index in [0.29, 0.717) is 6.61 Å². The van der Waals surface area contributed by atoms with Crippen molar-refractivity contribution in [2.45, 2.75) is 19.6 Å². The molecule has 0 saturated carbocycles. The van der Waals surface area contributed by atoms with Crippen LogP contribution in [0.3, 0.4) is 0 Å². The zero-order valence-corrected chi connectivity index (χ0v) is 11.8. The van der Waals surface area contributed by atoms with Gasteiger partial charge in [0.2, 0.25) is 0 Å². The topological polar surface area (TPSA) is 48.1 Å². The number of ether oxygens (including phenoxy) is 1. The Kier molecular flexibility index (Phi) is 4.15. The number of rotatable bonds is 4. The Bertz CT molecular complexity index is 485. The first kappa shape index (κ1) is 12.5. The van der Waals surface area contributed by atoms with E-state index in [1.807, 2.05) is 30.5 Å². The van der Waals surface area contributed by atoms with Gasteiger partial charge in [0, 0.05) is 21.5 Å². The van der Waals surface area contributed by atoms with E-state index in [2.05, 4.69) is 20.9 Å². The van der Waals surface area contributed by atoms with Gasteiger partial charge in [-0.1, -0.05) is 15.9 Å². The largest absolute Gasteiger partial charge is 0.487 e. The lowest BCUT2D eigenvalue weighted by Gasteiger charge is -2.13. The number of hydrogen-bond acceptors (Lipinski definition) is 4. The Morgan fingerprint density at radius 1 is 1.53 bits per heavy atom. The van der Waals surface area contributed by atoms with Crippen molar-refractivity contribution in [3.8, 4) is 5.75 Å². The summed E-state index contributed by atoms with van der Waals surface area (Å²) < 4.78 is 6.75. The van der Waals surface area contributed by atoms with Crippen LogP contribution in [0.4, 0.5) is 0 Å². The van der Waals surface area contributed by atoms with Crippen molar-refractivity contribution in [3.63, 3.8) is 0 Å². The van der Waals surface area contributed by atoms with Gasteiger partial charge in [-0.25, -0.2) is 4.98 Å². The Morgan fingerprint density at radius 2 is 2.35 bits per heavy atom. The summed E-state index contributed by atoms with van der Waals surface area (Å²) in [7, 11) is 0. The number of benzene rings is 1. The molecule has 1 heterocycles. The molecule has 0 radical (unpaired) electrons. The zero-order valence-electron chi connectivity index (χ0n) is 9.39. The maximum absolute atomic E-state index is 5.92. The smallest absolute Gasteiger partial charge is 0.131 e. The monoisotopic (exact) mass is 312 g/mol. The summed E-state index contributed by atoms with van der Waals surface area (Å²) in [6.07, 6.45) is 0. The van der Waals surface area contributed by atoms with Crippen LogP contribution >= 0.6 is 27.3 Å². The number of halogens is 1. The van der Waals surface area contributed by atoms with Gasteiger partial charge in [-0.3, -0.25) is 0 Å². The van der Waals surface area contributed by atoms with Crippen molar-refractivity contribution >= 4 is 27.3 Å². The molecule has 17 heavy (non-hydrogen) atoms. The second-order valence-corrected chi connectivity index (χ2v) is 5.37. The molecule has 5 heteroatoms. The van der Waals surface area contributed by atoms with Crippen molar-refractivity contribution < 1.29 is 4.74 Å². The molecule has 0 fully saturated rings. The molecular formula is C12H13BrN2OS. The highest BCUT2D eigenvalue weighted by molar-refractivity contribution is 9.10. The molecule has 0 bridgehead atoms. The molecule has 0 aliphatic carbocycles. The van der Waals surface area contributed by atoms with Crippen LogP contribution in [0, 0.1) is 0 Å². The molecule has 2 rings (SSSR count). The molecule has 0 spiro atoms. The number of nitrogens with two attached hydrogens (primary N) is 1. The number of thiazole rings is 1. The summed E-state index contributed by atoms with van der Waals surface area (Å²) in [5, 5.41) is 1.98. The van der Waals surface area contributed by atoms with Gasteiger partial charge in [-0.2, -0.15) is 0 Å². The van der Waals surface area contributed by atoms with Gasteiger partial charge >= 0.3 is 0 Å². The molecule has 2 aromatic rings. The summed E-state index contributed by atoms with van der Waals surface area (Å²) in [6.45, 7) is 2.42. The van der Waals surface area contributed by atoms with Crippen LogP contribution in [0.25, 0.3) is 0 Å². The van der Waals surface area contributed by atoms with Gasteiger partial charge in [-0.05, 0) is 25.1 Å². The lowest BCUT2D eigenvalue weighted by atomic mass is 10.1. The fraction of sp³-hybridized carbons (Fsp3) is 0.250. The second-order valence-electron chi connectivity index (χ2n) is 3.74. The summed E-state index contributed by atoms with van der Waals surface area (Å²) in [6, 6.07) is 5.80. The summed E-state index contributed by atoms with van der Waals surface area (Å²) in [5.41, 5.74) is 9.65. The van der Waals surface area contributed by atoms with E-state index in [-0.39, 0.29) is 6.04 Å². The number of hydrogen-bond donors (Lipinski definition) is 1. The van der Waals surface area contributed by atoms with Gasteiger partial charge in [0.25, 0.3) is 0 Å². The molecule has 1 aromatic carbocycles. The minimum atomic E-state index is -0.0575. The highest BCUT2D eigenvalue weighted by atomic mass is 79.9. The molecule has 0 amide bonds. The number of aromatic nitrogens is 1. The van der Waals surface area contributed by atoms with Crippen LogP contribution in [-0.4, -0.2) is 4.98 Å². The van der Waals surface area contributed by atoms with Crippen molar-refractivity contribution in [2.75, 3.05) is 0 Å². The standard InChI is InChI=1S/C12H13BrN2OS/c1-8(14)11-4-9(13)2-3-12(11)16-5-10-6-17-7-15-10/h2-4,6-8H,5,14H2,1H3. The summed E-state index contributed by atoms with van der Waals surface area (Å²) >= 11 is 5.00. The van der Waals surface area contributed by atoms with Gasteiger partial charge < -0.3 is 10.5 Å². The van der Waals surface area contributed by atoms with Crippen LogP contribution in [-0.2, 0) is 6.61 Å². The van der Waals surface area contributed by atoms with E-state index in [1.165, 1.54) is 0 Å². The van der Waals surface area contributed by atoms with Crippen molar-refractivity contribution in [1.29, 1.82) is 0 Å². The molecule has 0 saturated heterocycles. The molecule has 1 unspecified atom stereocenters. The molecule has 1 atom stereocenters. The molecule has 2 N–H and O–H groups in total. The van der Waals surface area contributed by atoms with Gasteiger partial charge in [0.1, 0.15) is 12.4 Å². The Morgan fingerprint density at radius 3 is 3.00 bits per heavy atom. The Labute approximate surface area is 113 Å². The summed E-state index contributed by atoms with van der Waals surface area (Å²) in [5.74, 6) is 0.816. The van der Waals surface area contributed by atoms with Crippen molar-refractivity contribution in [2.24, 2.45) is 5.73 Å². The summed E-state index contributed by atoms with van der Waals surface area (Å²) in [4.78, 5) is 4.18. The third-order valence-electron chi connectivity index (χ3n) is 2.32. The van der Waals surface area contributed by atoms with E-state index in [1.54, 1.807) is 16.8 Å². The van der Waals surface area contributed by atoms with Crippen LogP contribution in [0.1, 0.15) is 24.2 Å². The minimum absolute atomic E-state index is 0.0575. The highest BCUT2D eigenvalue weighted by Crippen LogP contribution is 2.28. The van der Waals surface area contributed by atoms with Crippen LogP contribution in [0.2, 0.25) is 0 Å². The predicted molar refractivity (Wildman–Crippen MR) is 73.2 cm³/mol. The average molecular weight is 313 g/mol. The van der Waals surface area contributed by atoms with E-state index in [0.717, 1.165) is 21.5 Å². The van der Waals surface area contributed by atoms with E-state index in [4.69, 9.17) is 10.5 Å². The van der Waals surface area contributed by atoms with Crippen molar-refractivity contribution in [3.05, 3.63) is 44.8 Å². The zero-order chi connectivity index (χ0) is 12.3. The quantitative estimate of drug-likeness (QED) is 0.940. The molecule has 3 nitrogen and oxygen atoms in total. The molecule has 1 aromatic heterocycles. The molecule has 90 valence electrons. The van der Waals surface area contributed by atoms with E-state index in [9.17, 15) is 0 Å². The fourth-order valence-corrected chi connectivity index (χ4v) is 2.39. The van der Waals surface area contributed by atoms with Gasteiger partial charge in [0.05, 0.1) is 11.2 Å². The molecule has 0 aliphatic rings. The lowest BCUT2D eigenvalue weighted by Crippen LogP contribution is -2.08. The van der Waals surface area contributed by atoms with Crippen LogP contribution < -0.4 is 10.5 Å². The average Bonchev–Trinajstić information content (AvgIpc) is 2.80. The molecular weight excluding hydrogens is 300 g/mol. The highest BCUT2D eigenvalue weighted by Gasteiger charge is 2.09. The third-order valence-corrected chi connectivity index (χ3v) is 3.45. The molecule has 0 aliphatic heterocycles. The Hall–Kier alpha value is -0.910. The minimum Gasteiger partial charge on any atom is -0.487 e. The predicted octanol–water partition coefficient (Wildman–Crippen LogP) is 3.50. The van der Waals surface area contributed by atoms with Crippen LogP contribution in [0.15, 0.2) is 33.6 Å². The third kappa shape index (κ3) is 3.28. The van der Waals surface area contributed by atoms with Crippen LogP contribution in [0.5, 0.6) is 5.75 Å². The van der Waals surface area contributed by atoms with E-state index < -0.39 is 0 Å². The number of nitrogens with zero attached hydrogens (tertiary/aromatic N) is 1. The maximum Gasteiger partial charge on any atom is 0.131 e.